The summed E-state index contributed by atoms with van der Waals surface area (Å²) in [5.74, 6) is -0.919. The normalized spacial score (nSPS) is 12.8. The van der Waals surface area contributed by atoms with Crippen molar-refractivity contribution >= 4 is 17.9 Å². The maximum atomic E-state index is 13.0. The first-order chi connectivity index (χ1) is 40.5. The molecule has 0 rings (SSSR count). The van der Waals surface area contributed by atoms with Gasteiger partial charge in [0.05, 0.1) is 0 Å². The Hall–Kier alpha value is -3.93. The Labute approximate surface area is 508 Å². The molecule has 6 heteroatoms. The molecule has 0 bridgehead atoms. The second-order valence-electron chi connectivity index (χ2n) is 23.1. The van der Waals surface area contributed by atoms with Gasteiger partial charge in [-0.15, -0.1) is 0 Å². The van der Waals surface area contributed by atoms with Crippen molar-refractivity contribution in [3.63, 3.8) is 0 Å². The first-order valence-corrected chi connectivity index (χ1v) is 34.9. The molecule has 0 aromatic heterocycles. The van der Waals surface area contributed by atoms with Crippen molar-refractivity contribution in [1.82, 2.24) is 0 Å². The Morgan fingerprint density at radius 2 is 0.476 bits per heavy atom. The maximum absolute atomic E-state index is 13.0. The van der Waals surface area contributed by atoms with Crippen LogP contribution in [0.4, 0.5) is 0 Å². The number of ether oxygens (including phenoxy) is 3. The zero-order valence-electron chi connectivity index (χ0n) is 54.0. The van der Waals surface area contributed by atoms with Crippen LogP contribution in [0.2, 0.25) is 0 Å². The summed E-state index contributed by atoms with van der Waals surface area (Å²) in [7, 11) is 0. The lowest BCUT2D eigenvalue weighted by Crippen LogP contribution is -2.30. The number of carbonyl (C=O) groups excluding carboxylic acids is 3. The Bertz CT molecular complexity index is 1640. The number of unbranched alkanes of at least 4 members (excludes halogenated alkanes) is 34. The molecule has 470 valence electrons. The molecule has 0 fully saturated rings. The average Bonchev–Trinajstić information content (AvgIpc) is 3.47. The predicted octanol–water partition coefficient (Wildman–Crippen LogP) is 24.2. The van der Waals surface area contributed by atoms with Gasteiger partial charge in [-0.1, -0.05) is 297 Å². The summed E-state index contributed by atoms with van der Waals surface area (Å²) >= 11 is 0. The van der Waals surface area contributed by atoms with Gasteiger partial charge in [-0.2, -0.15) is 0 Å². The fourth-order valence-corrected chi connectivity index (χ4v) is 9.77. The molecule has 82 heavy (non-hydrogen) atoms. The van der Waals surface area contributed by atoms with Crippen molar-refractivity contribution in [1.29, 1.82) is 0 Å². The number of allylic oxidation sites excluding steroid dienone is 18. The van der Waals surface area contributed by atoms with Gasteiger partial charge >= 0.3 is 17.9 Å². The highest BCUT2D eigenvalue weighted by Crippen LogP contribution is 2.16. The molecule has 0 spiro atoms. The molecule has 0 aliphatic heterocycles. The standard InChI is InChI=1S/C76H130O6/c1-4-7-10-13-16-19-22-25-28-31-34-36-37-38-39-41-42-45-48-51-54-57-60-63-66-69-75(78)81-72-73(71-80-74(77)68-65-62-59-56-53-50-47-44-33-30-27-24-21-18-15-12-9-6-3)82-76(79)70-67-64-61-58-55-52-49-46-43-40-35-32-29-26-23-20-17-14-11-8-5-2/h7,10,16,19,25,28,30,32-36,38-39,42,45,51,54,73H,4-6,8-9,11-15,17-18,20-24,26-27,29,31,37,40-41,43-44,46-50,52-53,55-72H2,1-3H3/b10-7-,19-16-,28-25-,33-30-,35-32-,36-34-,39-38-,45-42-,54-51-. The number of carbonyl (C=O) groups is 3. The molecule has 0 amide bonds. The Kier molecular flexibility index (Phi) is 66.2. The van der Waals surface area contributed by atoms with E-state index >= 15 is 0 Å². The molecule has 0 saturated carbocycles. The van der Waals surface area contributed by atoms with Crippen molar-refractivity contribution in [3.05, 3.63) is 109 Å². The van der Waals surface area contributed by atoms with E-state index in [1.807, 2.05) is 0 Å². The quantitative estimate of drug-likeness (QED) is 0.0261. The minimum atomic E-state index is -0.799. The van der Waals surface area contributed by atoms with Gasteiger partial charge in [0.15, 0.2) is 6.10 Å². The topological polar surface area (TPSA) is 78.9 Å². The van der Waals surface area contributed by atoms with Crippen LogP contribution in [0.5, 0.6) is 0 Å². The van der Waals surface area contributed by atoms with E-state index in [1.165, 1.54) is 186 Å². The van der Waals surface area contributed by atoms with E-state index in [-0.39, 0.29) is 31.1 Å². The largest absolute Gasteiger partial charge is 0.462 e. The van der Waals surface area contributed by atoms with Crippen LogP contribution in [0.15, 0.2) is 109 Å². The van der Waals surface area contributed by atoms with Gasteiger partial charge in [0.2, 0.25) is 0 Å². The fourth-order valence-electron chi connectivity index (χ4n) is 9.77. The lowest BCUT2D eigenvalue weighted by atomic mass is 10.1. The molecule has 0 saturated heterocycles. The monoisotopic (exact) mass is 1140 g/mol. The highest BCUT2D eigenvalue weighted by Gasteiger charge is 2.19. The zero-order chi connectivity index (χ0) is 59.2. The minimum Gasteiger partial charge on any atom is -0.462 e. The van der Waals surface area contributed by atoms with E-state index < -0.39 is 6.10 Å². The second-order valence-corrected chi connectivity index (χ2v) is 23.1. The van der Waals surface area contributed by atoms with E-state index in [0.29, 0.717) is 19.3 Å². The van der Waals surface area contributed by atoms with Crippen LogP contribution in [-0.4, -0.2) is 37.2 Å². The number of esters is 3. The van der Waals surface area contributed by atoms with Gasteiger partial charge in [0, 0.05) is 19.3 Å². The molecule has 1 atom stereocenters. The highest BCUT2D eigenvalue weighted by molar-refractivity contribution is 5.71. The summed E-state index contributed by atoms with van der Waals surface area (Å²) in [6.45, 7) is 6.53. The van der Waals surface area contributed by atoms with E-state index in [1.54, 1.807) is 0 Å². The van der Waals surface area contributed by atoms with Crippen molar-refractivity contribution in [2.24, 2.45) is 0 Å². The second kappa shape index (κ2) is 69.6. The SMILES string of the molecule is CC/C=C\C/C=C\C/C=C\C/C=C\C/C=C\C/C=C\C/C=C\CCCCCC(=O)OCC(COC(=O)CCCCCCCCC/C=C\CCCCCCCCC)OC(=O)CCCCCCCCCCC/C=C\CCCCCCCCCC. The third kappa shape index (κ3) is 66.9. The third-order valence-corrected chi connectivity index (χ3v) is 15.0. The molecule has 0 radical (unpaired) electrons. The minimum absolute atomic E-state index is 0.0914. The summed E-state index contributed by atoms with van der Waals surface area (Å²) in [6, 6.07) is 0. The molecule has 0 N–H and O–H groups in total. The van der Waals surface area contributed by atoms with Gasteiger partial charge < -0.3 is 14.2 Å². The van der Waals surface area contributed by atoms with Gasteiger partial charge in [0.1, 0.15) is 13.2 Å². The van der Waals surface area contributed by atoms with Crippen molar-refractivity contribution < 1.29 is 28.6 Å². The van der Waals surface area contributed by atoms with Crippen LogP contribution in [0, 0.1) is 0 Å². The van der Waals surface area contributed by atoms with E-state index in [2.05, 4.69) is 130 Å². The molecule has 0 aliphatic carbocycles. The Morgan fingerprint density at radius 1 is 0.256 bits per heavy atom. The van der Waals surface area contributed by atoms with E-state index in [4.69, 9.17) is 14.2 Å². The van der Waals surface area contributed by atoms with Crippen LogP contribution in [0.3, 0.4) is 0 Å². The predicted molar refractivity (Wildman–Crippen MR) is 357 cm³/mol. The first-order valence-electron chi connectivity index (χ1n) is 34.9. The van der Waals surface area contributed by atoms with Crippen LogP contribution < -0.4 is 0 Å². The van der Waals surface area contributed by atoms with Gasteiger partial charge in [-0.25, -0.2) is 0 Å². The number of rotatable bonds is 63. The smallest absolute Gasteiger partial charge is 0.306 e. The van der Waals surface area contributed by atoms with Crippen LogP contribution in [-0.2, 0) is 28.6 Å². The molecule has 0 aliphatic rings. The fraction of sp³-hybridized carbons (Fsp3) is 0.724. The Morgan fingerprint density at radius 3 is 0.768 bits per heavy atom. The lowest BCUT2D eigenvalue weighted by Gasteiger charge is -2.18. The molecule has 6 nitrogen and oxygen atoms in total. The van der Waals surface area contributed by atoms with Gasteiger partial charge in [0.25, 0.3) is 0 Å². The van der Waals surface area contributed by atoms with Gasteiger partial charge in [-0.05, 0) is 128 Å². The molecular formula is C76H130O6. The number of hydrogen-bond acceptors (Lipinski definition) is 6. The van der Waals surface area contributed by atoms with E-state index in [9.17, 15) is 14.4 Å². The third-order valence-electron chi connectivity index (χ3n) is 15.0. The molecule has 1 unspecified atom stereocenters. The van der Waals surface area contributed by atoms with Crippen LogP contribution in [0.25, 0.3) is 0 Å². The van der Waals surface area contributed by atoms with Crippen molar-refractivity contribution in [2.45, 2.75) is 341 Å². The maximum Gasteiger partial charge on any atom is 0.306 e. The van der Waals surface area contributed by atoms with Crippen molar-refractivity contribution in [3.8, 4) is 0 Å². The van der Waals surface area contributed by atoms with Gasteiger partial charge in [-0.3, -0.25) is 14.4 Å². The highest BCUT2D eigenvalue weighted by atomic mass is 16.6. The van der Waals surface area contributed by atoms with Crippen LogP contribution in [0.1, 0.15) is 335 Å². The molecule has 0 aromatic rings. The number of hydrogen-bond donors (Lipinski definition) is 0. The average molecular weight is 1140 g/mol. The summed E-state index contributed by atoms with van der Waals surface area (Å²) in [6.07, 6.45) is 95.3. The first kappa shape index (κ1) is 78.1. The Balaban J connectivity index is 4.45. The van der Waals surface area contributed by atoms with Crippen LogP contribution >= 0.6 is 0 Å². The summed E-state index contributed by atoms with van der Waals surface area (Å²) in [4.78, 5) is 38.5. The summed E-state index contributed by atoms with van der Waals surface area (Å²) in [5.41, 5.74) is 0. The molecule has 0 heterocycles. The summed E-state index contributed by atoms with van der Waals surface area (Å²) < 4.78 is 17.0. The van der Waals surface area contributed by atoms with E-state index in [0.717, 1.165) is 109 Å². The van der Waals surface area contributed by atoms with Crippen molar-refractivity contribution in [2.75, 3.05) is 13.2 Å². The molecule has 0 aromatic carbocycles. The lowest BCUT2D eigenvalue weighted by molar-refractivity contribution is -0.167. The summed E-state index contributed by atoms with van der Waals surface area (Å²) in [5, 5.41) is 0. The molecular weight excluding hydrogens is 1010 g/mol. The zero-order valence-corrected chi connectivity index (χ0v) is 54.0.